The van der Waals surface area contributed by atoms with Gasteiger partial charge in [-0.3, -0.25) is 19.7 Å². The predicted octanol–water partition coefficient (Wildman–Crippen LogP) is 2.24. The van der Waals surface area contributed by atoms with Crippen LogP contribution in [-0.4, -0.2) is 41.6 Å². The van der Waals surface area contributed by atoms with Crippen LogP contribution >= 0.6 is 0 Å². The van der Waals surface area contributed by atoms with Crippen molar-refractivity contribution in [3.63, 3.8) is 0 Å². The number of hydrogen-bond donors (Lipinski definition) is 2. The fraction of sp³-hybridized carbons (Fsp3) is 0.227. The van der Waals surface area contributed by atoms with Gasteiger partial charge in [0, 0.05) is 27.8 Å². The number of esters is 1. The van der Waals surface area contributed by atoms with Crippen molar-refractivity contribution in [3.8, 4) is 0 Å². The van der Waals surface area contributed by atoms with E-state index in [1.165, 1.54) is 24.3 Å². The first-order chi connectivity index (χ1) is 14.1. The molecule has 0 saturated carbocycles. The lowest BCUT2D eigenvalue weighted by Crippen LogP contribution is -2.49. The summed E-state index contributed by atoms with van der Waals surface area (Å²) in [4.78, 5) is 61.7. The number of carbonyl (C=O) groups is 5. The van der Waals surface area contributed by atoms with Crippen molar-refractivity contribution < 1.29 is 28.7 Å². The molecule has 0 aliphatic heterocycles. The van der Waals surface area contributed by atoms with Crippen LogP contribution in [0.1, 0.15) is 63.0 Å². The highest BCUT2D eigenvalue weighted by molar-refractivity contribution is 6.30. The predicted molar refractivity (Wildman–Crippen MR) is 106 cm³/mol. The summed E-state index contributed by atoms with van der Waals surface area (Å²) in [5, 5.41) is 4.58. The maximum absolute atomic E-state index is 12.9. The zero-order chi connectivity index (χ0) is 22.1. The van der Waals surface area contributed by atoms with Crippen LogP contribution in [0.4, 0.5) is 4.79 Å². The van der Waals surface area contributed by atoms with E-state index < -0.39 is 35.8 Å². The van der Waals surface area contributed by atoms with Crippen molar-refractivity contribution in [1.29, 1.82) is 0 Å². The zero-order valence-corrected chi connectivity index (χ0v) is 16.7. The molecule has 0 spiro atoms. The Bertz CT molecular complexity index is 1080. The second-order valence-electron chi connectivity index (χ2n) is 7.76. The fourth-order valence-corrected chi connectivity index (χ4v) is 3.06. The summed E-state index contributed by atoms with van der Waals surface area (Å²) in [6.45, 7) is 4.50. The molecular formula is C22H20N2O6. The number of rotatable bonds is 3. The first-order valence-electron chi connectivity index (χ1n) is 9.19. The summed E-state index contributed by atoms with van der Waals surface area (Å²) >= 11 is 0. The molecule has 3 rings (SSSR count). The number of urea groups is 1. The van der Waals surface area contributed by atoms with Gasteiger partial charge in [-0.05, 0) is 26.8 Å². The van der Waals surface area contributed by atoms with Gasteiger partial charge >= 0.3 is 12.0 Å². The van der Waals surface area contributed by atoms with Crippen LogP contribution < -0.4 is 10.6 Å². The van der Waals surface area contributed by atoms with Crippen molar-refractivity contribution in [3.05, 3.63) is 70.3 Å². The van der Waals surface area contributed by atoms with E-state index in [9.17, 15) is 24.0 Å². The van der Waals surface area contributed by atoms with E-state index in [4.69, 9.17) is 4.74 Å². The van der Waals surface area contributed by atoms with Crippen LogP contribution in [0.15, 0.2) is 42.5 Å². The van der Waals surface area contributed by atoms with Crippen molar-refractivity contribution in [2.75, 3.05) is 6.61 Å². The van der Waals surface area contributed by atoms with Gasteiger partial charge in [-0.15, -0.1) is 0 Å². The van der Waals surface area contributed by atoms with E-state index in [1.807, 2.05) is 5.32 Å². The number of ether oxygens (including phenoxy) is 1. The van der Waals surface area contributed by atoms with Gasteiger partial charge in [0.1, 0.15) is 0 Å². The average Bonchev–Trinajstić information content (AvgIpc) is 2.68. The van der Waals surface area contributed by atoms with Gasteiger partial charge < -0.3 is 10.1 Å². The van der Waals surface area contributed by atoms with Crippen molar-refractivity contribution in [2.24, 2.45) is 0 Å². The van der Waals surface area contributed by atoms with Gasteiger partial charge in [0.15, 0.2) is 18.2 Å². The number of carbonyl (C=O) groups excluding carboxylic acids is 5. The minimum absolute atomic E-state index is 0.0583. The second-order valence-corrected chi connectivity index (χ2v) is 7.76. The van der Waals surface area contributed by atoms with Crippen LogP contribution in [0.3, 0.4) is 0 Å². The maximum Gasteiger partial charge on any atom is 0.339 e. The first-order valence-corrected chi connectivity index (χ1v) is 9.19. The van der Waals surface area contributed by atoms with Crippen LogP contribution in [-0.2, 0) is 9.53 Å². The first kappa shape index (κ1) is 20.9. The lowest BCUT2D eigenvalue weighted by molar-refractivity contribution is -0.123. The molecule has 8 heteroatoms. The Balaban J connectivity index is 1.76. The third kappa shape index (κ3) is 4.27. The van der Waals surface area contributed by atoms with E-state index in [0.717, 1.165) is 0 Å². The number of hydrogen-bond acceptors (Lipinski definition) is 6. The minimum atomic E-state index is -0.946. The largest absolute Gasteiger partial charge is 0.452 e. The van der Waals surface area contributed by atoms with Gasteiger partial charge in [0.25, 0.3) is 5.91 Å². The SMILES string of the molecule is CC(C)(C)NC(=O)NC(=O)COC(=O)c1cccc2c1C(=O)c1ccccc1C2=O. The van der Waals surface area contributed by atoms with E-state index >= 15 is 0 Å². The third-order valence-electron chi connectivity index (χ3n) is 4.25. The number of ketones is 2. The number of benzene rings is 2. The van der Waals surface area contributed by atoms with Crippen LogP contribution in [0, 0.1) is 0 Å². The lowest BCUT2D eigenvalue weighted by atomic mass is 9.82. The minimum Gasteiger partial charge on any atom is -0.452 e. The smallest absolute Gasteiger partial charge is 0.339 e. The highest BCUT2D eigenvalue weighted by atomic mass is 16.5. The molecule has 0 heterocycles. The highest BCUT2D eigenvalue weighted by Gasteiger charge is 2.33. The molecule has 0 atom stereocenters. The summed E-state index contributed by atoms with van der Waals surface area (Å²) in [7, 11) is 0. The molecule has 0 fully saturated rings. The van der Waals surface area contributed by atoms with Crippen LogP contribution in [0.25, 0.3) is 0 Å². The summed E-state index contributed by atoms with van der Waals surface area (Å²) < 4.78 is 4.96. The fourth-order valence-electron chi connectivity index (χ4n) is 3.06. The zero-order valence-electron chi connectivity index (χ0n) is 16.7. The Hall–Kier alpha value is -3.81. The van der Waals surface area contributed by atoms with Gasteiger partial charge in [0.2, 0.25) is 0 Å². The molecule has 30 heavy (non-hydrogen) atoms. The van der Waals surface area contributed by atoms with Crippen molar-refractivity contribution in [2.45, 2.75) is 26.3 Å². The van der Waals surface area contributed by atoms with Gasteiger partial charge in [-0.25, -0.2) is 9.59 Å². The molecule has 0 aromatic heterocycles. The Kier molecular flexibility index (Phi) is 5.51. The Morgan fingerprint density at radius 1 is 0.867 bits per heavy atom. The molecule has 1 aliphatic carbocycles. The average molecular weight is 408 g/mol. The molecule has 2 aromatic rings. The molecule has 0 unspecified atom stereocenters. The normalized spacial score (nSPS) is 12.5. The standard InChI is InChI=1S/C22H20N2O6/c1-22(2,3)24-21(29)23-16(25)11-30-20(28)15-10-6-9-14-17(15)19(27)13-8-5-4-7-12(13)18(14)26/h4-10H,11H2,1-3H3,(H2,23,24,25,29). The molecule has 0 bridgehead atoms. The quantitative estimate of drug-likeness (QED) is 0.642. The van der Waals surface area contributed by atoms with Crippen molar-refractivity contribution in [1.82, 2.24) is 10.6 Å². The van der Waals surface area contributed by atoms with E-state index in [2.05, 4.69) is 5.32 Å². The van der Waals surface area contributed by atoms with Crippen LogP contribution in [0.5, 0.6) is 0 Å². The molecule has 0 radical (unpaired) electrons. The lowest BCUT2D eigenvalue weighted by Gasteiger charge is -2.20. The molecule has 2 aromatic carbocycles. The second kappa shape index (κ2) is 7.90. The van der Waals surface area contributed by atoms with Crippen LogP contribution in [0.2, 0.25) is 0 Å². The molecule has 0 saturated heterocycles. The molecule has 2 N–H and O–H groups in total. The topological polar surface area (TPSA) is 119 Å². The van der Waals surface area contributed by atoms with Gasteiger partial charge in [-0.1, -0.05) is 36.4 Å². The van der Waals surface area contributed by atoms with E-state index in [0.29, 0.717) is 0 Å². The number of amides is 3. The molecule has 1 aliphatic rings. The monoisotopic (exact) mass is 408 g/mol. The summed E-state index contributed by atoms with van der Waals surface area (Å²) in [6.07, 6.45) is 0. The number of nitrogens with one attached hydrogen (secondary N) is 2. The van der Waals surface area contributed by atoms with Gasteiger partial charge in [-0.2, -0.15) is 0 Å². The highest BCUT2D eigenvalue weighted by Crippen LogP contribution is 2.29. The Morgan fingerprint density at radius 3 is 2.10 bits per heavy atom. The summed E-state index contributed by atoms with van der Waals surface area (Å²) in [5.41, 5.74) is -0.156. The number of imide groups is 1. The number of fused-ring (bicyclic) bond motifs is 2. The van der Waals surface area contributed by atoms with Crippen molar-refractivity contribution >= 4 is 29.5 Å². The molecule has 3 amide bonds. The Labute approximate surface area is 172 Å². The molecule has 8 nitrogen and oxygen atoms in total. The molecular weight excluding hydrogens is 388 g/mol. The maximum atomic E-state index is 12.9. The summed E-state index contributed by atoms with van der Waals surface area (Å²) in [6, 6.07) is 9.91. The summed E-state index contributed by atoms with van der Waals surface area (Å²) in [5.74, 6) is -2.62. The van der Waals surface area contributed by atoms with E-state index in [-0.39, 0.29) is 33.6 Å². The molecule has 154 valence electrons. The van der Waals surface area contributed by atoms with E-state index in [1.54, 1.807) is 39.0 Å². The Morgan fingerprint density at radius 2 is 1.47 bits per heavy atom. The van der Waals surface area contributed by atoms with Gasteiger partial charge in [0.05, 0.1) is 5.56 Å². The third-order valence-corrected chi connectivity index (χ3v) is 4.25.